The minimum absolute atomic E-state index is 0. The van der Waals surface area contributed by atoms with Gasteiger partial charge in [0.25, 0.3) is 0 Å². The van der Waals surface area contributed by atoms with Crippen LogP contribution in [0.5, 0.6) is 0 Å². The lowest BCUT2D eigenvalue weighted by Gasteiger charge is -2.11. The van der Waals surface area contributed by atoms with Crippen molar-refractivity contribution in [3.63, 3.8) is 0 Å². The second kappa shape index (κ2) is 11.5. The highest BCUT2D eigenvalue weighted by Gasteiger charge is 2.05. The number of aromatic nitrogens is 2. The quantitative estimate of drug-likeness (QED) is 0.181. The molecule has 0 saturated carbocycles. The van der Waals surface area contributed by atoms with E-state index in [1.54, 1.807) is 6.20 Å². The Kier molecular flexibility index (Phi) is 8.44. The molecule has 0 saturated heterocycles. The van der Waals surface area contributed by atoms with Gasteiger partial charge in [0.2, 0.25) is 0 Å². The normalized spacial score (nSPS) is 11.1. The van der Waals surface area contributed by atoms with Gasteiger partial charge in [0.15, 0.2) is 5.96 Å². The number of nitrogens with one attached hydrogen (secondary N) is 1. The van der Waals surface area contributed by atoms with Crippen molar-refractivity contribution in [2.45, 2.75) is 26.4 Å². The van der Waals surface area contributed by atoms with Gasteiger partial charge in [-0.2, -0.15) is 0 Å². The molecule has 0 bridgehead atoms. The Labute approximate surface area is 206 Å². The van der Waals surface area contributed by atoms with E-state index in [-0.39, 0.29) is 24.0 Å². The van der Waals surface area contributed by atoms with Gasteiger partial charge in [-0.05, 0) is 46.4 Å². The second-order valence-electron chi connectivity index (χ2n) is 7.47. The molecule has 4 rings (SSSR count). The van der Waals surface area contributed by atoms with Gasteiger partial charge in [-0.15, -0.1) is 24.0 Å². The summed E-state index contributed by atoms with van der Waals surface area (Å²) in [5, 5.41) is 3.19. The van der Waals surface area contributed by atoms with Crippen LogP contribution in [0.4, 0.5) is 5.69 Å². The Balaban J connectivity index is 0.00000289. The van der Waals surface area contributed by atoms with Crippen molar-refractivity contribution in [2.24, 2.45) is 10.7 Å². The number of hydrogen-bond donors (Lipinski definition) is 2. The van der Waals surface area contributed by atoms with Crippen molar-refractivity contribution in [2.75, 3.05) is 5.32 Å². The molecule has 1 aromatic heterocycles. The number of guanidine groups is 1. The maximum Gasteiger partial charge on any atom is 0.193 e. The number of halogens is 1. The molecule has 0 unspecified atom stereocenters. The third-order valence-electron chi connectivity index (χ3n) is 5.23. The van der Waals surface area contributed by atoms with Crippen molar-refractivity contribution < 1.29 is 0 Å². The van der Waals surface area contributed by atoms with Gasteiger partial charge >= 0.3 is 0 Å². The minimum atomic E-state index is 0. The summed E-state index contributed by atoms with van der Waals surface area (Å²) >= 11 is 0. The maximum absolute atomic E-state index is 6.15. The van der Waals surface area contributed by atoms with Crippen LogP contribution >= 0.6 is 24.0 Å². The molecular formula is C26H28IN5. The first kappa shape index (κ1) is 23.5. The molecule has 0 spiro atoms. The topological polar surface area (TPSA) is 68.2 Å². The number of aryl methyl sites for hydroxylation is 1. The van der Waals surface area contributed by atoms with E-state index in [2.05, 4.69) is 81.4 Å². The Morgan fingerprint density at radius 1 is 1.00 bits per heavy atom. The lowest BCUT2D eigenvalue weighted by Crippen LogP contribution is -2.22. The lowest BCUT2D eigenvalue weighted by atomic mass is 9.98. The first-order valence-corrected chi connectivity index (χ1v) is 10.5. The summed E-state index contributed by atoms with van der Waals surface area (Å²) in [5.74, 6) is 0.415. The molecule has 0 aliphatic heterocycles. The number of nitrogens with zero attached hydrogens (tertiary/aromatic N) is 3. The molecule has 0 radical (unpaired) electrons. The minimum Gasteiger partial charge on any atom is -0.370 e. The van der Waals surface area contributed by atoms with E-state index in [1.165, 1.54) is 22.3 Å². The predicted molar refractivity (Wildman–Crippen MR) is 143 cm³/mol. The molecule has 3 N–H and O–H groups in total. The Morgan fingerprint density at radius 2 is 1.81 bits per heavy atom. The Morgan fingerprint density at radius 3 is 2.56 bits per heavy atom. The van der Waals surface area contributed by atoms with Crippen molar-refractivity contribution in [3.8, 4) is 11.1 Å². The van der Waals surface area contributed by atoms with Crippen LogP contribution in [0, 0.1) is 0 Å². The van der Waals surface area contributed by atoms with E-state index in [9.17, 15) is 0 Å². The van der Waals surface area contributed by atoms with Crippen LogP contribution in [-0.4, -0.2) is 15.5 Å². The zero-order valence-corrected chi connectivity index (χ0v) is 20.4. The molecule has 0 fully saturated rings. The molecule has 6 heteroatoms. The standard InChI is InChI=1S/C26H27N5.HI/c1-2-20-6-5-8-24(16-20)30-26(27)29-17-23-7-3-4-9-25(23)22-12-10-21(11-13-22)18-31-15-14-28-19-31;/h3-16,19H,2,17-18H2,1H3,(H3,27,29,30);1H. The van der Waals surface area contributed by atoms with E-state index in [1.807, 2.05) is 30.7 Å². The number of benzene rings is 3. The third-order valence-corrected chi connectivity index (χ3v) is 5.23. The monoisotopic (exact) mass is 537 g/mol. The zero-order valence-electron chi connectivity index (χ0n) is 18.1. The highest BCUT2D eigenvalue weighted by atomic mass is 127. The van der Waals surface area contributed by atoms with Crippen LogP contribution in [0.1, 0.15) is 23.6 Å². The van der Waals surface area contributed by atoms with Crippen molar-refractivity contribution in [3.05, 3.63) is 108 Å². The highest BCUT2D eigenvalue weighted by molar-refractivity contribution is 14.0. The van der Waals surface area contributed by atoms with Crippen LogP contribution in [0.15, 0.2) is 96.5 Å². The Bertz CT molecular complexity index is 1150. The molecular weight excluding hydrogens is 509 g/mol. The van der Waals surface area contributed by atoms with Gasteiger partial charge in [0.05, 0.1) is 12.9 Å². The van der Waals surface area contributed by atoms with Gasteiger partial charge in [0, 0.05) is 24.6 Å². The summed E-state index contributed by atoms with van der Waals surface area (Å²) in [6.45, 7) is 3.46. The molecule has 164 valence electrons. The fourth-order valence-electron chi connectivity index (χ4n) is 3.55. The zero-order chi connectivity index (χ0) is 21.5. The number of hydrogen-bond acceptors (Lipinski definition) is 2. The smallest absolute Gasteiger partial charge is 0.193 e. The summed E-state index contributed by atoms with van der Waals surface area (Å²) in [6, 6.07) is 25.2. The largest absolute Gasteiger partial charge is 0.370 e. The van der Waals surface area contributed by atoms with E-state index in [4.69, 9.17) is 5.73 Å². The van der Waals surface area contributed by atoms with Gasteiger partial charge < -0.3 is 15.6 Å². The molecule has 3 aromatic carbocycles. The first-order valence-electron chi connectivity index (χ1n) is 10.5. The Hall–Kier alpha value is -3.13. The van der Waals surface area contributed by atoms with E-state index >= 15 is 0 Å². The predicted octanol–water partition coefficient (Wildman–Crippen LogP) is 5.71. The summed E-state index contributed by atoms with van der Waals surface area (Å²) in [4.78, 5) is 8.67. The van der Waals surface area contributed by atoms with Crippen LogP contribution in [-0.2, 0) is 19.5 Å². The van der Waals surface area contributed by atoms with Crippen molar-refractivity contribution >= 4 is 35.6 Å². The summed E-state index contributed by atoms with van der Waals surface area (Å²) in [5.41, 5.74) is 13.1. The van der Waals surface area contributed by atoms with Gasteiger partial charge in [-0.1, -0.05) is 67.6 Å². The van der Waals surface area contributed by atoms with Gasteiger partial charge in [-0.25, -0.2) is 9.98 Å². The van der Waals surface area contributed by atoms with Crippen LogP contribution in [0.2, 0.25) is 0 Å². The number of anilines is 1. The molecule has 32 heavy (non-hydrogen) atoms. The maximum atomic E-state index is 6.15. The average molecular weight is 537 g/mol. The number of rotatable bonds is 7. The van der Waals surface area contributed by atoms with Crippen molar-refractivity contribution in [1.29, 1.82) is 0 Å². The first-order chi connectivity index (χ1) is 15.2. The van der Waals surface area contributed by atoms with E-state index in [0.29, 0.717) is 12.5 Å². The molecule has 0 aliphatic rings. The molecule has 0 amide bonds. The summed E-state index contributed by atoms with van der Waals surface area (Å²) < 4.78 is 2.06. The third kappa shape index (κ3) is 6.20. The van der Waals surface area contributed by atoms with Crippen LogP contribution in [0.25, 0.3) is 11.1 Å². The molecule has 0 aliphatic carbocycles. The fraction of sp³-hybridized carbons (Fsp3) is 0.154. The average Bonchev–Trinajstić information content (AvgIpc) is 3.32. The van der Waals surface area contributed by atoms with E-state index in [0.717, 1.165) is 24.2 Å². The fourth-order valence-corrected chi connectivity index (χ4v) is 3.55. The SMILES string of the molecule is CCc1cccc(NC(N)=NCc2ccccc2-c2ccc(Cn3ccnc3)cc2)c1.I. The number of imidazole rings is 1. The molecule has 5 nitrogen and oxygen atoms in total. The lowest BCUT2D eigenvalue weighted by molar-refractivity contribution is 0.797. The van der Waals surface area contributed by atoms with Crippen LogP contribution < -0.4 is 11.1 Å². The number of nitrogens with two attached hydrogens (primary N) is 1. The molecule has 1 heterocycles. The van der Waals surface area contributed by atoms with Gasteiger partial charge in [0.1, 0.15) is 0 Å². The highest BCUT2D eigenvalue weighted by Crippen LogP contribution is 2.25. The van der Waals surface area contributed by atoms with E-state index < -0.39 is 0 Å². The van der Waals surface area contributed by atoms with Crippen LogP contribution in [0.3, 0.4) is 0 Å². The summed E-state index contributed by atoms with van der Waals surface area (Å²) in [6.07, 6.45) is 6.59. The second-order valence-corrected chi connectivity index (χ2v) is 7.47. The van der Waals surface area contributed by atoms with Crippen molar-refractivity contribution in [1.82, 2.24) is 9.55 Å². The molecule has 4 aromatic rings. The summed E-state index contributed by atoms with van der Waals surface area (Å²) in [7, 11) is 0. The molecule has 0 atom stereocenters. The van der Waals surface area contributed by atoms with Gasteiger partial charge in [-0.3, -0.25) is 0 Å². The number of aliphatic imine (C=N–C) groups is 1.